The summed E-state index contributed by atoms with van der Waals surface area (Å²) >= 11 is 9.43. The lowest BCUT2D eigenvalue weighted by atomic mass is 10.2. The lowest BCUT2D eigenvalue weighted by molar-refractivity contribution is 0.966. The molecule has 1 aromatic carbocycles. The zero-order valence-electron chi connectivity index (χ0n) is 8.64. The molecule has 2 heterocycles. The Kier molecular flexibility index (Phi) is 2.61. The largest absolute Gasteiger partial charge is 0.207 e. The van der Waals surface area contributed by atoms with Crippen LogP contribution < -0.4 is 0 Å². The van der Waals surface area contributed by atoms with E-state index in [0.29, 0.717) is 11.0 Å². The van der Waals surface area contributed by atoms with Crippen molar-refractivity contribution in [2.45, 2.75) is 0 Å². The second-order valence-electron chi connectivity index (χ2n) is 3.56. The van der Waals surface area contributed by atoms with Crippen LogP contribution in [0.25, 0.3) is 17.0 Å². The standard InChI is InChI=1S/C12H7BrClN3/c13-9-6-4-8(5-7-9)12-15-11-3-1-2-10(14)17(11)16-12/h1-7H. The Hall–Kier alpha value is -1.39. The molecule has 84 valence electrons. The second-order valence-corrected chi connectivity index (χ2v) is 4.86. The van der Waals surface area contributed by atoms with Crippen molar-refractivity contribution in [1.29, 1.82) is 0 Å². The van der Waals surface area contributed by atoms with Gasteiger partial charge < -0.3 is 0 Å². The van der Waals surface area contributed by atoms with Gasteiger partial charge in [0, 0.05) is 10.0 Å². The van der Waals surface area contributed by atoms with Gasteiger partial charge in [0.15, 0.2) is 11.5 Å². The molecule has 3 rings (SSSR count). The monoisotopic (exact) mass is 307 g/mol. The molecule has 3 aromatic rings. The van der Waals surface area contributed by atoms with Crippen molar-refractivity contribution in [3.63, 3.8) is 0 Å². The fourth-order valence-corrected chi connectivity index (χ4v) is 2.06. The molecule has 0 aliphatic heterocycles. The Balaban J connectivity index is 2.18. The summed E-state index contributed by atoms with van der Waals surface area (Å²) in [5.41, 5.74) is 1.71. The molecule has 0 saturated carbocycles. The average Bonchev–Trinajstić information content (AvgIpc) is 2.75. The maximum atomic E-state index is 6.04. The first-order valence-corrected chi connectivity index (χ1v) is 6.18. The third-order valence-corrected chi connectivity index (χ3v) is 3.23. The summed E-state index contributed by atoms with van der Waals surface area (Å²) in [6, 6.07) is 13.4. The normalized spacial score (nSPS) is 10.9. The predicted molar refractivity (Wildman–Crippen MR) is 71.1 cm³/mol. The third kappa shape index (κ3) is 1.94. The third-order valence-electron chi connectivity index (χ3n) is 2.42. The maximum absolute atomic E-state index is 6.04. The van der Waals surface area contributed by atoms with E-state index in [0.717, 1.165) is 15.7 Å². The van der Waals surface area contributed by atoms with Crippen LogP contribution in [0.1, 0.15) is 0 Å². The first-order valence-electron chi connectivity index (χ1n) is 5.01. The van der Waals surface area contributed by atoms with Gasteiger partial charge in [0.2, 0.25) is 0 Å². The lowest BCUT2D eigenvalue weighted by Crippen LogP contribution is -1.88. The van der Waals surface area contributed by atoms with Gasteiger partial charge in [-0.15, -0.1) is 5.10 Å². The lowest BCUT2D eigenvalue weighted by Gasteiger charge is -1.94. The highest BCUT2D eigenvalue weighted by Gasteiger charge is 2.07. The van der Waals surface area contributed by atoms with Crippen molar-refractivity contribution in [2.24, 2.45) is 0 Å². The van der Waals surface area contributed by atoms with Crippen LogP contribution in [-0.4, -0.2) is 14.6 Å². The van der Waals surface area contributed by atoms with Gasteiger partial charge in [-0.25, -0.2) is 9.50 Å². The Morgan fingerprint density at radius 2 is 1.82 bits per heavy atom. The molecule has 17 heavy (non-hydrogen) atoms. The minimum absolute atomic E-state index is 0.554. The minimum atomic E-state index is 0.554. The topological polar surface area (TPSA) is 30.2 Å². The van der Waals surface area contributed by atoms with Crippen LogP contribution in [0.5, 0.6) is 0 Å². The Labute approximate surface area is 111 Å². The fourth-order valence-electron chi connectivity index (χ4n) is 1.59. The number of hydrogen-bond donors (Lipinski definition) is 0. The molecule has 0 saturated heterocycles. The van der Waals surface area contributed by atoms with Crippen LogP contribution in [0.15, 0.2) is 46.9 Å². The highest BCUT2D eigenvalue weighted by Crippen LogP contribution is 2.20. The van der Waals surface area contributed by atoms with E-state index in [-0.39, 0.29) is 0 Å². The van der Waals surface area contributed by atoms with E-state index in [1.807, 2.05) is 36.4 Å². The first kappa shape index (κ1) is 10.7. The van der Waals surface area contributed by atoms with Gasteiger partial charge in [0.1, 0.15) is 5.15 Å². The van der Waals surface area contributed by atoms with Gasteiger partial charge in [-0.05, 0) is 24.3 Å². The van der Waals surface area contributed by atoms with E-state index in [9.17, 15) is 0 Å². The molecule has 0 amide bonds. The van der Waals surface area contributed by atoms with Gasteiger partial charge in [-0.2, -0.15) is 0 Å². The number of pyridine rings is 1. The molecule has 3 nitrogen and oxygen atoms in total. The number of aromatic nitrogens is 3. The molecule has 0 aliphatic rings. The summed E-state index contributed by atoms with van der Waals surface area (Å²) in [7, 11) is 0. The van der Waals surface area contributed by atoms with Crippen molar-refractivity contribution in [3.05, 3.63) is 52.1 Å². The van der Waals surface area contributed by atoms with Gasteiger partial charge in [-0.3, -0.25) is 0 Å². The summed E-state index contributed by atoms with van der Waals surface area (Å²) < 4.78 is 2.65. The van der Waals surface area contributed by atoms with E-state index >= 15 is 0 Å². The highest BCUT2D eigenvalue weighted by molar-refractivity contribution is 9.10. The minimum Gasteiger partial charge on any atom is -0.207 e. The van der Waals surface area contributed by atoms with Crippen LogP contribution in [0.2, 0.25) is 5.15 Å². The van der Waals surface area contributed by atoms with E-state index in [4.69, 9.17) is 11.6 Å². The summed E-state index contributed by atoms with van der Waals surface area (Å²) in [6.45, 7) is 0. The van der Waals surface area contributed by atoms with Crippen molar-refractivity contribution in [3.8, 4) is 11.4 Å². The Bertz CT molecular complexity index is 676. The van der Waals surface area contributed by atoms with Crippen LogP contribution in [0.3, 0.4) is 0 Å². The zero-order chi connectivity index (χ0) is 11.8. The Morgan fingerprint density at radius 1 is 1.06 bits per heavy atom. The number of fused-ring (bicyclic) bond motifs is 1. The predicted octanol–water partition coefficient (Wildman–Crippen LogP) is 3.81. The summed E-state index contributed by atoms with van der Waals surface area (Å²) in [4.78, 5) is 4.43. The molecule has 0 unspecified atom stereocenters. The van der Waals surface area contributed by atoms with E-state index in [1.54, 1.807) is 10.6 Å². The van der Waals surface area contributed by atoms with Crippen molar-refractivity contribution < 1.29 is 0 Å². The van der Waals surface area contributed by atoms with Crippen molar-refractivity contribution in [1.82, 2.24) is 14.6 Å². The van der Waals surface area contributed by atoms with Gasteiger partial charge >= 0.3 is 0 Å². The zero-order valence-corrected chi connectivity index (χ0v) is 11.0. The molecule has 0 aliphatic carbocycles. The maximum Gasteiger partial charge on any atom is 0.182 e. The SMILES string of the molecule is Clc1cccc2nc(-c3ccc(Br)cc3)nn12. The van der Waals surface area contributed by atoms with Crippen LogP contribution in [0.4, 0.5) is 0 Å². The van der Waals surface area contributed by atoms with E-state index in [2.05, 4.69) is 26.0 Å². The van der Waals surface area contributed by atoms with E-state index < -0.39 is 0 Å². The number of benzene rings is 1. The molecule has 0 N–H and O–H groups in total. The van der Waals surface area contributed by atoms with Crippen molar-refractivity contribution >= 4 is 33.2 Å². The van der Waals surface area contributed by atoms with Crippen LogP contribution in [0, 0.1) is 0 Å². The quantitative estimate of drug-likeness (QED) is 0.640. The molecule has 0 fully saturated rings. The number of rotatable bonds is 1. The molecule has 0 atom stereocenters. The second kappa shape index (κ2) is 4.13. The molecule has 5 heteroatoms. The van der Waals surface area contributed by atoms with Crippen LogP contribution in [-0.2, 0) is 0 Å². The fraction of sp³-hybridized carbons (Fsp3) is 0. The summed E-state index contributed by atoms with van der Waals surface area (Å²) in [6.07, 6.45) is 0. The van der Waals surface area contributed by atoms with Crippen LogP contribution >= 0.6 is 27.5 Å². The number of hydrogen-bond acceptors (Lipinski definition) is 2. The molecular formula is C12H7BrClN3. The van der Waals surface area contributed by atoms with E-state index in [1.165, 1.54) is 0 Å². The first-order chi connectivity index (χ1) is 8.24. The Morgan fingerprint density at radius 3 is 2.53 bits per heavy atom. The smallest absolute Gasteiger partial charge is 0.182 e. The van der Waals surface area contributed by atoms with Gasteiger partial charge in [0.05, 0.1) is 0 Å². The average molecular weight is 309 g/mol. The molecule has 0 spiro atoms. The molecule has 2 aromatic heterocycles. The molecular weight excluding hydrogens is 302 g/mol. The number of halogens is 2. The summed E-state index contributed by atoms with van der Waals surface area (Å²) in [5.74, 6) is 0.672. The molecule has 0 radical (unpaired) electrons. The van der Waals surface area contributed by atoms with Crippen molar-refractivity contribution in [2.75, 3.05) is 0 Å². The highest BCUT2D eigenvalue weighted by atomic mass is 79.9. The number of nitrogens with zero attached hydrogens (tertiary/aromatic N) is 3. The van der Waals surface area contributed by atoms with Gasteiger partial charge in [-0.1, -0.05) is 45.7 Å². The van der Waals surface area contributed by atoms with Gasteiger partial charge in [0.25, 0.3) is 0 Å². The summed E-state index contributed by atoms with van der Waals surface area (Å²) in [5, 5.41) is 4.92. The molecule has 0 bridgehead atoms.